The summed E-state index contributed by atoms with van der Waals surface area (Å²) in [7, 11) is 1.93. The number of piperidine rings is 1. The second-order valence-corrected chi connectivity index (χ2v) is 7.27. The molecule has 1 atom stereocenters. The number of nitrogens with one attached hydrogen (secondary N) is 1. The number of pyridine rings is 1. The van der Waals surface area contributed by atoms with E-state index in [0.29, 0.717) is 25.2 Å². The number of likely N-dealkylation sites (N-methyl/N-ethyl adjacent to an activating group) is 1. The van der Waals surface area contributed by atoms with Gasteiger partial charge in [0.1, 0.15) is 5.82 Å². The van der Waals surface area contributed by atoms with Crippen LogP contribution in [0.5, 0.6) is 0 Å². The molecular weight excluding hydrogens is 343 g/mol. The third-order valence-corrected chi connectivity index (χ3v) is 4.81. The number of benzene rings is 1. The minimum Gasteiger partial charge on any atom is -0.351 e. The minimum atomic E-state index is -0.166. The Bertz CT molecular complexity index is 740. The van der Waals surface area contributed by atoms with Crippen molar-refractivity contribution in [1.29, 1.82) is 0 Å². The van der Waals surface area contributed by atoms with Crippen LogP contribution in [0.4, 0.5) is 4.39 Å². The number of amides is 1. The lowest BCUT2D eigenvalue weighted by atomic mass is 10.0. The van der Waals surface area contributed by atoms with Gasteiger partial charge in [0.25, 0.3) is 0 Å². The zero-order valence-corrected chi connectivity index (χ0v) is 15.8. The Labute approximate surface area is 160 Å². The summed E-state index contributed by atoms with van der Waals surface area (Å²) in [5, 5.41) is 3.13. The quantitative estimate of drug-likeness (QED) is 0.813. The number of rotatable bonds is 7. The summed E-state index contributed by atoms with van der Waals surface area (Å²) in [6, 6.07) is 10.9. The van der Waals surface area contributed by atoms with Gasteiger partial charge in [-0.2, -0.15) is 0 Å². The molecule has 3 rings (SSSR count). The smallest absolute Gasteiger partial charge is 0.234 e. The Morgan fingerprint density at radius 1 is 1.33 bits per heavy atom. The van der Waals surface area contributed by atoms with Crippen molar-refractivity contribution in [2.45, 2.75) is 32.0 Å². The largest absolute Gasteiger partial charge is 0.351 e. The monoisotopic (exact) mass is 370 g/mol. The van der Waals surface area contributed by atoms with E-state index in [-0.39, 0.29) is 17.8 Å². The highest BCUT2D eigenvalue weighted by Gasteiger charge is 2.22. The molecule has 1 aromatic heterocycles. The number of nitrogens with zero attached hydrogens (tertiary/aromatic N) is 3. The fraction of sp³-hybridized carbons (Fsp3) is 0.429. The summed E-state index contributed by atoms with van der Waals surface area (Å²) in [5.41, 5.74) is 1.79. The van der Waals surface area contributed by atoms with Gasteiger partial charge in [-0.3, -0.25) is 19.6 Å². The van der Waals surface area contributed by atoms with Gasteiger partial charge >= 0.3 is 0 Å². The molecule has 1 unspecified atom stereocenters. The van der Waals surface area contributed by atoms with Crippen molar-refractivity contribution in [3.05, 3.63) is 65.7 Å². The number of carbonyl (C=O) groups is 1. The summed E-state index contributed by atoms with van der Waals surface area (Å²) in [6.07, 6.45) is 5.53. The Kier molecular flexibility index (Phi) is 6.90. The van der Waals surface area contributed by atoms with Crippen molar-refractivity contribution in [2.24, 2.45) is 0 Å². The molecule has 0 radical (unpaired) electrons. The van der Waals surface area contributed by atoms with Crippen LogP contribution in [0.15, 0.2) is 48.8 Å². The fourth-order valence-electron chi connectivity index (χ4n) is 3.56. The van der Waals surface area contributed by atoms with Gasteiger partial charge in [0, 0.05) is 43.6 Å². The second kappa shape index (κ2) is 9.58. The maximum absolute atomic E-state index is 13.9. The summed E-state index contributed by atoms with van der Waals surface area (Å²) in [6.45, 7) is 3.30. The summed E-state index contributed by atoms with van der Waals surface area (Å²) >= 11 is 0. The first kappa shape index (κ1) is 19.5. The highest BCUT2D eigenvalue weighted by Crippen LogP contribution is 2.15. The van der Waals surface area contributed by atoms with Gasteiger partial charge < -0.3 is 5.32 Å². The molecule has 1 N–H and O–H groups in total. The van der Waals surface area contributed by atoms with Crippen LogP contribution in [0.1, 0.15) is 24.0 Å². The molecule has 0 aliphatic carbocycles. The molecule has 6 heteroatoms. The van der Waals surface area contributed by atoms with Crippen molar-refractivity contribution in [3.8, 4) is 0 Å². The topological polar surface area (TPSA) is 48.5 Å². The summed E-state index contributed by atoms with van der Waals surface area (Å²) in [5.74, 6) is -0.139. The zero-order chi connectivity index (χ0) is 19.1. The Morgan fingerprint density at radius 3 is 2.96 bits per heavy atom. The molecule has 144 valence electrons. The average molecular weight is 370 g/mol. The van der Waals surface area contributed by atoms with E-state index in [1.807, 2.05) is 42.4 Å². The van der Waals surface area contributed by atoms with Gasteiger partial charge in [-0.05, 0) is 44.1 Å². The van der Waals surface area contributed by atoms with Crippen molar-refractivity contribution in [3.63, 3.8) is 0 Å². The Hall–Kier alpha value is -2.31. The van der Waals surface area contributed by atoms with E-state index >= 15 is 0 Å². The normalized spacial score (nSPS) is 17.8. The second-order valence-electron chi connectivity index (χ2n) is 7.27. The zero-order valence-electron chi connectivity index (χ0n) is 15.8. The van der Waals surface area contributed by atoms with E-state index in [1.165, 1.54) is 6.07 Å². The third kappa shape index (κ3) is 6.12. The van der Waals surface area contributed by atoms with Gasteiger partial charge in [-0.1, -0.05) is 24.3 Å². The summed E-state index contributed by atoms with van der Waals surface area (Å²) < 4.78 is 13.9. The maximum Gasteiger partial charge on any atom is 0.234 e. The molecule has 0 saturated carbocycles. The van der Waals surface area contributed by atoms with E-state index in [2.05, 4.69) is 15.2 Å². The third-order valence-electron chi connectivity index (χ3n) is 4.81. The first-order valence-corrected chi connectivity index (χ1v) is 9.43. The van der Waals surface area contributed by atoms with Crippen LogP contribution in [0, 0.1) is 5.82 Å². The van der Waals surface area contributed by atoms with E-state index in [4.69, 9.17) is 0 Å². The predicted octanol–water partition coefficient (Wildman–Crippen LogP) is 2.43. The standard InChI is InChI=1S/C21H27FN4O/c1-25(13-17-6-4-10-23-12-17)16-21(27)24-19-8-5-11-26(15-19)14-18-7-2-3-9-20(18)22/h2-4,6-7,9-10,12,19H,5,8,11,13-16H2,1H3,(H,24,27). The molecule has 27 heavy (non-hydrogen) atoms. The van der Waals surface area contributed by atoms with E-state index in [0.717, 1.165) is 31.5 Å². The maximum atomic E-state index is 13.9. The van der Waals surface area contributed by atoms with Crippen molar-refractivity contribution in [2.75, 3.05) is 26.7 Å². The van der Waals surface area contributed by atoms with Crippen LogP contribution in [-0.4, -0.2) is 53.4 Å². The molecule has 1 aromatic carbocycles. The highest BCUT2D eigenvalue weighted by molar-refractivity contribution is 5.78. The van der Waals surface area contributed by atoms with E-state index in [1.54, 1.807) is 12.3 Å². The molecule has 0 spiro atoms. The number of hydrogen-bond donors (Lipinski definition) is 1. The van der Waals surface area contributed by atoms with Gasteiger partial charge in [0.15, 0.2) is 0 Å². The van der Waals surface area contributed by atoms with Crippen LogP contribution in [0.25, 0.3) is 0 Å². The Morgan fingerprint density at radius 2 is 2.19 bits per heavy atom. The number of hydrogen-bond acceptors (Lipinski definition) is 4. The molecule has 2 aromatic rings. The first-order chi connectivity index (χ1) is 13.1. The average Bonchev–Trinajstić information content (AvgIpc) is 2.64. The molecule has 2 heterocycles. The number of likely N-dealkylation sites (tertiary alicyclic amines) is 1. The van der Waals surface area contributed by atoms with E-state index in [9.17, 15) is 9.18 Å². The van der Waals surface area contributed by atoms with Crippen LogP contribution in [0.3, 0.4) is 0 Å². The Balaban J connectivity index is 1.45. The van der Waals surface area contributed by atoms with Gasteiger partial charge in [0.05, 0.1) is 6.54 Å². The number of carbonyl (C=O) groups excluding carboxylic acids is 1. The SMILES string of the molecule is CN(CC(=O)NC1CCCN(Cc2ccccc2F)C1)Cc1cccnc1. The van der Waals surface area contributed by atoms with Crippen LogP contribution in [0.2, 0.25) is 0 Å². The van der Waals surface area contributed by atoms with Gasteiger partial charge in [-0.25, -0.2) is 4.39 Å². The van der Waals surface area contributed by atoms with Gasteiger partial charge in [-0.15, -0.1) is 0 Å². The number of aromatic nitrogens is 1. The molecule has 1 fully saturated rings. The molecule has 1 aliphatic rings. The minimum absolute atomic E-state index is 0.0270. The molecule has 5 nitrogen and oxygen atoms in total. The molecule has 1 saturated heterocycles. The van der Waals surface area contributed by atoms with Crippen LogP contribution in [-0.2, 0) is 17.9 Å². The van der Waals surface area contributed by atoms with Crippen molar-refractivity contribution in [1.82, 2.24) is 20.1 Å². The highest BCUT2D eigenvalue weighted by atomic mass is 19.1. The predicted molar refractivity (Wildman–Crippen MR) is 103 cm³/mol. The van der Waals surface area contributed by atoms with Crippen LogP contribution >= 0.6 is 0 Å². The van der Waals surface area contributed by atoms with Gasteiger partial charge in [0.2, 0.25) is 5.91 Å². The van der Waals surface area contributed by atoms with Crippen molar-refractivity contribution < 1.29 is 9.18 Å². The molecular formula is C21H27FN4O. The van der Waals surface area contributed by atoms with E-state index < -0.39 is 0 Å². The van der Waals surface area contributed by atoms with Crippen LogP contribution < -0.4 is 5.32 Å². The fourth-order valence-corrected chi connectivity index (χ4v) is 3.56. The molecule has 0 bridgehead atoms. The number of halogens is 1. The lowest BCUT2D eigenvalue weighted by Gasteiger charge is -2.33. The lowest BCUT2D eigenvalue weighted by molar-refractivity contribution is -0.123. The summed E-state index contributed by atoms with van der Waals surface area (Å²) in [4.78, 5) is 20.7. The molecule has 1 amide bonds. The first-order valence-electron chi connectivity index (χ1n) is 9.43. The molecule has 1 aliphatic heterocycles. The lowest BCUT2D eigenvalue weighted by Crippen LogP contribution is -2.49. The van der Waals surface area contributed by atoms with Crippen molar-refractivity contribution >= 4 is 5.91 Å².